The van der Waals surface area contributed by atoms with Crippen LogP contribution in [0.3, 0.4) is 0 Å². The zero-order chi connectivity index (χ0) is 10.3. The maximum Gasteiger partial charge on any atom is 0.264 e. The third-order valence-electron chi connectivity index (χ3n) is 2.63. The van der Waals surface area contributed by atoms with Gasteiger partial charge in [-0.2, -0.15) is 8.42 Å². The Morgan fingerprint density at radius 1 is 1.23 bits per heavy atom. The second kappa shape index (κ2) is 3.36. The van der Waals surface area contributed by atoms with Crippen LogP contribution in [0.4, 0.5) is 0 Å². The van der Waals surface area contributed by atoms with Crippen LogP contribution < -0.4 is 0 Å². The quantitative estimate of drug-likeness (QED) is 0.540. The van der Waals surface area contributed by atoms with E-state index >= 15 is 0 Å². The molecule has 0 aromatic carbocycles. The Bertz CT molecular complexity index is 272. The van der Waals surface area contributed by atoms with Crippen molar-refractivity contribution in [1.29, 1.82) is 0 Å². The molecule has 0 saturated heterocycles. The molecule has 13 heavy (non-hydrogen) atoms. The van der Waals surface area contributed by atoms with Gasteiger partial charge in [0.1, 0.15) is 0 Å². The molecule has 3 nitrogen and oxygen atoms in total. The lowest BCUT2D eigenvalue weighted by atomic mass is 9.95. The van der Waals surface area contributed by atoms with Crippen LogP contribution in [0.5, 0.6) is 0 Å². The normalized spacial score (nSPS) is 29.8. The molecule has 0 aromatic rings. The summed E-state index contributed by atoms with van der Waals surface area (Å²) in [5.74, 6) is 0. The molecule has 1 rings (SSSR count). The SMILES string of the molecule is C[Si](C)(C)C1CC(OS(C)(=O)=O)C1. The van der Waals surface area contributed by atoms with E-state index in [2.05, 4.69) is 19.6 Å². The van der Waals surface area contributed by atoms with Gasteiger partial charge in [-0.05, 0) is 18.4 Å². The summed E-state index contributed by atoms with van der Waals surface area (Å²) in [6.45, 7) is 6.94. The Labute approximate surface area is 81.6 Å². The van der Waals surface area contributed by atoms with Crippen LogP contribution in [0.25, 0.3) is 0 Å². The molecule has 0 heterocycles. The highest BCUT2D eigenvalue weighted by Crippen LogP contribution is 2.43. The standard InChI is InChI=1S/C8H18O3SSi/c1-12(9,10)11-7-5-8(6-7)13(2,3)4/h7-8H,5-6H2,1-4H3. The molecule has 0 N–H and O–H groups in total. The molecule has 0 spiro atoms. The van der Waals surface area contributed by atoms with Crippen LogP contribution in [0, 0.1) is 0 Å². The lowest BCUT2D eigenvalue weighted by Crippen LogP contribution is -2.41. The Morgan fingerprint density at radius 2 is 1.69 bits per heavy atom. The zero-order valence-electron chi connectivity index (χ0n) is 8.70. The van der Waals surface area contributed by atoms with Gasteiger partial charge in [0, 0.05) is 8.07 Å². The van der Waals surface area contributed by atoms with E-state index in [0.29, 0.717) is 0 Å². The predicted octanol–water partition coefficient (Wildman–Crippen LogP) is 1.83. The van der Waals surface area contributed by atoms with Crippen molar-refractivity contribution in [3.63, 3.8) is 0 Å². The van der Waals surface area contributed by atoms with E-state index in [1.165, 1.54) is 0 Å². The lowest BCUT2D eigenvalue weighted by molar-refractivity contribution is 0.126. The Kier molecular flexibility index (Phi) is 2.90. The van der Waals surface area contributed by atoms with Crippen molar-refractivity contribution in [3.05, 3.63) is 0 Å². The van der Waals surface area contributed by atoms with Gasteiger partial charge in [0.15, 0.2) is 0 Å². The molecule has 0 aromatic heterocycles. The molecule has 1 aliphatic rings. The van der Waals surface area contributed by atoms with Crippen molar-refractivity contribution in [3.8, 4) is 0 Å². The molecule has 1 saturated carbocycles. The molecule has 1 aliphatic carbocycles. The molecular formula is C8H18O3SSi. The van der Waals surface area contributed by atoms with Gasteiger partial charge in [-0.1, -0.05) is 19.6 Å². The smallest absolute Gasteiger partial charge is 0.264 e. The van der Waals surface area contributed by atoms with E-state index in [1.54, 1.807) is 0 Å². The van der Waals surface area contributed by atoms with Gasteiger partial charge in [-0.15, -0.1) is 0 Å². The fourth-order valence-electron chi connectivity index (χ4n) is 1.60. The van der Waals surface area contributed by atoms with Crippen LogP contribution in [-0.2, 0) is 14.3 Å². The van der Waals surface area contributed by atoms with E-state index in [9.17, 15) is 8.42 Å². The average molecular weight is 222 g/mol. The van der Waals surface area contributed by atoms with Crippen molar-refractivity contribution in [2.45, 2.75) is 44.1 Å². The fraction of sp³-hybridized carbons (Fsp3) is 1.00. The van der Waals surface area contributed by atoms with Gasteiger partial charge in [-0.3, -0.25) is 4.18 Å². The maximum atomic E-state index is 10.8. The summed E-state index contributed by atoms with van der Waals surface area (Å²) in [5.41, 5.74) is 0.735. The van der Waals surface area contributed by atoms with E-state index in [4.69, 9.17) is 4.18 Å². The monoisotopic (exact) mass is 222 g/mol. The van der Waals surface area contributed by atoms with Crippen LogP contribution in [0.1, 0.15) is 12.8 Å². The first-order chi connectivity index (χ1) is 5.68. The summed E-state index contributed by atoms with van der Waals surface area (Å²) in [7, 11) is -4.30. The molecular weight excluding hydrogens is 204 g/mol. The van der Waals surface area contributed by atoms with Gasteiger partial charge in [0.25, 0.3) is 10.1 Å². The summed E-state index contributed by atoms with van der Waals surface area (Å²) in [5, 5.41) is 0. The van der Waals surface area contributed by atoms with Crippen LogP contribution in [0.2, 0.25) is 25.2 Å². The van der Waals surface area contributed by atoms with Gasteiger partial charge < -0.3 is 0 Å². The van der Waals surface area contributed by atoms with Crippen LogP contribution >= 0.6 is 0 Å². The second-order valence-corrected chi connectivity index (χ2v) is 12.1. The van der Waals surface area contributed by atoms with Gasteiger partial charge in [0.2, 0.25) is 0 Å². The average Bonchev–Trinajstić information content (AvgIpc) is 1.71. The first kappa shape index (κ1) is 11.2. The third kappa shape index (κ3) is 3.40. The van der Waals surface area contributed by atoms with E-state index in [0.717, 1.165) is 24.6 Å². The van der Waals surface area contributed by atoms with Crippen LogP contribution in [0.15, 0.2) is 0 Å². The molecule has 1 fully saturated rings. The van der Waals surface area contributed by atoms with Crippen molar-refractivity contribution < 1.29 is 12.6 Å². The second-order valence-electron chi connectivity index (χ2n) is 4.96. The third-order valence-corrected chi connectivity index (χ3v) is 6.17. The minimum absolute atomic E-state index is 0.0354. The Balaban J connectivity index is 2.35. The summed E-state index contributed by atoms with van der Waals surface area (Å²) in [6, 6.07) is 0. The Hall–Kier alpha value is 0.127. The highest BCUT2D eigenvalue weighted by molar-refractivity contribution is 7.86. The zero-order valence-corrected chi connectivity index (χ0v) is 10.5. The van der Waals surface area contributed by atoms with E-state index < -0.39 is 18.2 Å². The minimum Gasteiger partial charge on any atom is -0.267 e. The first-order valence-corrected chi connectivity index (χ1v) is 9.96. The molecule has 0 bridgehead atoms. The maximum absolute atomic E-state index is 10.8. The van der Waals surface area contributed by atoms with Crippen LogP contribution in [-0.4, -0.2) is 28.9 Å². The number of hydrogen-bond acceptors (Lipinski definition) is 3. The first-order valence-electron chi connectivity index (χ1n) is 4.57. The lowest BCUT2D eigenvalue weighted by Gasteiger charge is -2.41. The molecule has 0 atom stereocenters. The summed E-state index contributed by atoms with van der Waals surface area (Å²) < 4.78 is 26.5. The number of rotatable bonds is 3. The molecule has 0 radical (unpaired) electrons. The van der Waals surface area contributed by atoms with E-state index in [-0.39, 0.29) is 6.10 Å². The van der Waals surface area contributed by atoms with E-state index in [1.807, 2.05) is 0 Å². The van der Waals surface area contributed by atoms with Crippen molar-refractivity contribution in [1.82, 2.24) is 0 Å². The largest absolute Gasteiger partial charge is 0.267 e. The Morgan fingerprint density at radius 3 is 2.00 bits per heavy atom. The molecule has 78 valence electrons. The fourth-order valence-corrected chi connectivity index (χ4v) is 4.19. The molecule has 0 amide bonds. The van der Waals surface area contributed by atoms with Gasteiger partial charge in [-0.25, -0.2) is 0 Å². The highest BCUT2D eigenvalue weighted by atomic mass is 32.2. The molecule has 5 heteroatoms. The predicted molar refractivity (Wildman–Crippen MR) is 56.0 cm³/mol. The summed E-state index contributed by atoms with van der Waals surface area (Å²) in [6.07, 6.45) is 2.95. The topological polar surface area (TPSA) is 43.4 Å². The highest BCUT2D eigenvalue weighted by Gasteiger charge is 2.40. The minimum atomic E-state index is -3.24. The molecule has 0 aliphatic heterocycles. The summed E-state index contributed by atoms with van der Waals surface area (Å²) >= 11 is 0. The van der Waals surface area contributed by atoms with Gasteiger partial charge >= 0.3 is 0 Å². The molecule has 0 unspecified atom stereocenters. The number of hydrogen-bond donors (Lipinski definition) is 0. The van der Waals surface area contributed by atoms with Crippen molar-refractivity contribution in [2.24, 2.45) is 0 Å². The van der Waals surface area contributed by atoms with Gasteiger partial charge in [0.05, 0.1) is 12.4 Å². The van der Waals surface area contributed by atoms with Crippen molar-refractivity contribution in [2.75, 3.05) is 6.26 Å². The van der Waals surface area contributed by atoms with Crippen molar-refractivity contribution >= 4 is 18.2 Å². The summed E-state index contributed by atoms with van der Waals surface area (Å²) in [4.78, 5) is 0.